The second-order valence-corrected chi connectivity index (χ2v) is 4.85. The summed E-state index contributed by atoms with van der Waals surface area (Å²) in [5.41, 5.74) is 0.411. The maximum atomic E-state index is 5.26. The first-order valence-corrected chi connectivity index (χ1v) is 5.31. The Labute approximate surface area is 82.3 Å². The van der Waals surface area contributed by atoms with Gasteiger partial charge in [-0.3, -0.25) is 0 Å². The first kappa shape index (κ1) is 10.6. The van der Waals surface area contributed by atoms with Gasteiger partial charge < -0.3 is 5.32 Å². The summed E-state index contributed by atoms with van der Waals surface area (Å²) in [6.45, 7) is 5.76. The van der Waals surface area contributed by atoms with Crippen molar-refractivity contribution in [3.63, 3.8) is 0 Å². The molecule has 0 amide bonds. The molecule has 1 heteroatoms. The van der Waals surface area contributed by atoms with Crippen LogP contribution in [0.2, 0.25) is 0 Å². The Bertz CT molecular complexity index is 184. The van der Waals surface area contributed by atoms with Crippen molar-refractivity contribution in [1.82, 2.24) is 5.32 Å². The van der Waals surface area contributed by atoms with Crippen LogP contribution in [-0.2, 0) is 0 Å². The van der Waals surface area contributed by atoms with Gasteiger partial charge in [0, 0.05) is 12.5 Å². The highest BCUT2D eigenvalue weighted by Gasteiger charge is 2.22. The van der Waals surface area contributed by atoms with E-state index in [2.05, 4.69) is 25.1 Å². The van der Waals surface area contributed by atoms with Gasteiger partial charge in [0.2, 0.25) is 0 Å². The molecule has 0 aromatic carbocycles. The number of rotatable bonds is 6. The Kier molecular flexibility index (Phi) is 3.81. The van der Waals surface area contributed by atoms with Crippen LogP contribution in [0.1, 0.15) is 46.0 Å². The maximum Gasteiger partial charge on any atom is 0.00911 e. The molecule has 1 aliphatic rings. The van der Waals surface area contributed by atoms with Crippen molar-refractivity contribution in [1.29, 1.82) is 0 Å². The highest BCUT2D eigenvalue weighted by Crippen LogP contribution is 2.26. The summed E-state index contributed by atoms with van der Waals surface area (Å²) in [7, 11) is 0. The largest absolute Gasteiger partial charge is 0.314 e. The summed E-state index contributed by atoms with van der Waals surface area (Å²) in [4.78, 5) is 0. The van der Waals surface area contributed by atoms with Crippen LogP contribution < -0.4 is 5.32 Å². The molecule has 0 aromatic heterocycles. The predicted molar refractivity (Wildman–Crippen MR) is 57.5 cm³/mol. The Balaban J connectivity index is 2.05. The van der Waals surface area contributed by atoms with Crippen molar-refractivity contribution in [3.8, 4) is 12.3 Å². The van der Waals surface area contributed by atoms with E-state index >= 15 is 0 Å². The molecular weight excluding hydrogens is 158 g/mol. The lowest BCUT2D eigenvalue weighted by atomic mass is 9.84. The molecule has 74 valence electrons. The van der Waals surface area contributed by atoms with Gasteiger partial charge in [0.15, 0.2) is 0 Å². The summed E-state index contributed by atoms with van der Waals surface area (Å²) in [6.07, 6.45) is 11.3. The van der Waals surface area contributed by atoms with Gasteiger partial charge in [-0.05, 0) is 37.6 Å². The molecule has 0 heterocycles. The van der Waals surface area contributed by atoms with Gasteiger partial charge in [-0.2, -0.15) is 0 Å². The molecule has 1 saturated carbocycles. The molecule has 1 aliphatic carbocycles. The minimum absolute atomic E-state index is 0.411. The standard InChI is InChI=1S/C12H21N/c1-4-5-8-12(2,3)9-10-13-11-6-7-11/h1,11,13H,5-10H2,2-3H3. The van der Waals surface area contributed by atoms with Crippen LogP contribution in [0.25, 0.3) is 0 Å². The summed E-state index contributed by atoms with van der Waals surface area (Å²) in [6, 6.07) is 0.837. The van der Waals surface area contributed by atoms with Crippen LogP contribution >= 0.6 is 0 Å². The molecule has 0 aromatic rings. The highest BCUT2D eigenvalue weighted by atomic mass is 14.9. The van der Waals surface area contributed by atoms with E-state index in [1.165, 1.54) is 19.3 Å². The average molecular weight is 179 g/mol. The van der Waals surface area contributed by atoms with E-state index < -0.39 is 0 Å². The van der Waals surface area contributed by atoms with E-state index in [0.717, 1.165) is 25.4 Å². The molecule has 0 aliphatic heterocycles. The van der Waals surface area contributed by atoms with E-state index in [1.54, 1.807) is 0 Å². The Morgan fingerprint density at radius 2 is 2.08 bits per heavy atom. The fraction of sp³-hybridized carbons (Fsp3) is 0.833. The third-order valence-electron chi connectivity index (χ3n) is 2.76. The van der Waals surface area contributed by atoms with Gasteiger partial charge in [-0.15, -0.1) is 12.3 Å². The van der Waals surface area contributed by atoms with Crippen molar-refractivity contribution in [2.24, 2.45) is 5.41 Å². The lowest BCUT2D eigenvalue weighted by molar-refractivity contribution is 0.306. The lowest BCUT2D eigenvalue weighted by Crippen LogP contribution is -2.23. The molecule has 0 atom stereocenters. The summed E-state index contributed by atoms with van der Waals surface area (Å²) in [5.74, 6) is 2.71. The fourth-order valence-corrected chi connectivity index (χ4v) is 1.44. The van der Waals surface area contributed by atoms with Gasteiger partial charge >= 0.3 is 0 Å². The number of terminal acetylenes is 1. The fourth-order valence-electron chi connectivity index (χ4n) is 1.44. The third kappa shape index (κ3) is 4.95. The third-order valence-corrected chi connectivity index (χ3v) is 2.76. The van der Waals surface area contributed by atoms with Crippen molar-refractivity contribution < 1.29 is 0 Å². The SMILES string of the molecule is C#CCCC(C)(C)CCNC1CC1. The summed E-state index contributed by atoms with van der Waals surface area (Å²) in [5, 5.41) is 3.54. The molecule has 0 unspecified atom stereocenters. The number of hydrogen-bond acceptors (Lipinski definition) is 1. The Morgan fingerprint density at radius 3 is 2.62 bits per heavy atom. The summed E-state index contributed by atoms with van der Waals surface area (Å²) >= 11 is 0. The topological polar surface area (TPSA) is 12.0 Å². The van der Waals surface area contributed by atoms with Gasteiger partial charge in [-0.1, -0.05) is 13.8 Å². The monoisotopic (exact) mass is 179 g/mol. The molecule has 1 rings (SSSR count). The Morgan fingerprint density at radius 1 is 1.38 bits per heavy atom. The first-order valence-electron chi connectivity index (χ1n) is 5.31. The van der Waals surface area contributed by atoms with Crippen LogP contribution in [0, 0.1) is 17.8 Å². The van der Waals surface area contributed by atoms with Crippen LogP contribution in [0.4, 0.5) is 0 Å². The quantitative estimate of drug-likeness (QED) is 0.618. The zero-order chi connectivity index (χ0) is 9.73. The van der Waals surface area contributed by atoms with E-state index in [9.17, 15) is 0 Å². The second kappa shape index (κ2) is 4.67. The van der Waals surface area contributed by atoms with Crippen LogP contribution in [0.15, 0.2) is 0 Å². The minimum Gasteiger partial charge on any atom is -0.314 e. The van der Waals surface area contributed by atoms with Gasteiger partial charge in [0.1, 0.15) is 0 Å². The zero-order valence-corrected chi connectivity index (χ0v) is 8.90. The second-order valence-electron chi connectivity index (χ2n) is 4.85. The van der Waals surface area contributed by atoms with Gasteiger partial charge in [0.05, 0.1) is 0 Å². The lowest BCUT2D eigenvalue weighted by Gasteiger charge is -2.23. The molecule has 1 nitrogen and oxygen atoms in total. The summed E-state index contributed by atoms with van der Waals surface area (Å²) < 4.78 is 0. The van der Waals surface area contributed by atoms with Gasteiger partial charge in [-0.25, -0.2) is 0 Å². The maximum absolute atomic E-state index is 5.26. The van der Waals surface area contributed by atoms with Crippen LogP contribution in [0.5, 0.6) is 0 Å². The average Bonchev–Trinajstić information content (AvgIpc) is 2.84. The van der Waals surface area contributed by atoms with Crippen molar-refractivity contribution in [2.45, 2.75) is 52.0 Å². The Hall–Kier alpha value is -0.480. The van der Waals surface area contributed by atoms with Crippen molar-refractivity contribution in [3.05, 3.63) is 0 Å². The molecular formula is C12H21N. The molecule has 0 bridgehead atoms. The molecule has 1 N–H and O–H groups in total. The molecule has 0 radical (unpaired) electrons. The van der Waals surface area contributed by atoms with E-state index in [-0.39, 0.29) is 0 Å². The number of nitrogens with one attached hydrogen (secondary N) is 1. The zero-order valence-electron chi connectivity index (χ0n) is 8.90. The van der Waals surface area contributed by atoms with Crippen molar-refractivity contribution >= 4 is 0 Å². The molecule has 1 fully saturated rings. The predicted octanol–water partition coefficient (Wildman–Crippen LogP) is 2.57. The normalized spacial score (nSPS) is 17.0. The molecule has 13 heavy (non-hydrogen) atoms. The van der Waals surface area contributed by atoms with E-state index in [0.29, 0.717) is 5.41 Å². The molecule has 0 saturated heterocycles. The van der Waals surface area contributed by atoms with Crippen LogP contribution in [0.3, 0.4) is 0 Å². The number of hydrogen-bond donors (Lipinski definition) is 1. The van der Waals surface area contributed by atoms with E-state index in [4.69, 9.17) is 6.42 Å². The van der Waals surface area contributed by atoms with E-state index in [1.807, 2.05) is 0 Å². The smallest absolute Gasteiger partial charge is 0.00911 e. The van der Waals surface area contributed by atoms with Crippen LogP contribution in [-0.4, -0.2) is 12.6 Å². The molecule has 0 spiro atoms. The minimum atomic E-state index is 0.411. The first-order chi connectivity index (χ1) is 6.14. The van der Waals surface area contributed by atoms with Gasteiger partial charge in [0.25, 0.3) is 0 Å². The highest BCUT2D eigenvalue weighted by molar-refractivity contribution is 4.87. The van der Waals surface area contributed by atoms with Crippen molar-refractivity contribution in [2.75, 3.05) is 6.54 Å².